The summed E-state index contributed by atoms with van der Waals surface area (Å²) in [6, 6.07) is 9.05. The first-order valence-electron chi connectivity index (χ1n) is 4.60. The highest BCUT2D eigenvalue weighted by Crippen LogP contribution is 2.19. The Bertz CT molecular complexity index is 521. The average Bonchev–Trinajstić information content (AvgIpc) is 2.31. The first-order valence-corrected chi connectivity index (χ1v) is 4.98. The normalized spacial score (nSPS) is 11.8. The zero-order valence-corrected chi connectivity index (χ0v) is 8.96. The Hall–Kier alpha value is -1.99. The van der Waals surface area contributed by atoms with Crippen molar-refractivity contribution >= 4 is 11.6 Å². The Kier molecular flexibility index (Phi) is 3.08. The van der Waals surface area contributed by atoms with Crippen LogP contribution in [0.5, 0.6) is 0 Å². The van der Waals surface area contributed by atoms with Crippen LogP contribution in [0.1, 0.15) is 17.4 Å². The lowest BCUT2D eigenvalue weighted by atomic mass is 10.1. The molecule has 0 aliphatic heterocycles. The van der Waals surface area contributed by atoms with Gasteiger partial charge in [-0.1, -0.05) is 17.7 Å². The molecule has 2 rings (SSSR count). The Labute approximate surface area is 97.6 Å². The van der Waals surface area contributed by atoms with Crippen molar-refractivity contribution in [2.24, 2.45) is 0 Å². The predicted octanol–water partition coefficient (Wildman–Crippen LogP) is 2.18. The number of pyridine rings is 1. The van der Waals surface area contributed by atoms with E-state index < -0.39 is 5.92 Å². The first kappa shape index (κ1) is 10.5. The molecule has 4 nitrogen and oxygen atoms in total. The summed E-state index contributed by atoms with van der Waals surface area (Å²) in [5.41, 5.74) is 0.618. The fourth-order valence-electron chi connectivity index (χ4n) is 1.29. The summed E-state index contributed by atoms with van der Waals surface area (Å²) in [4.78, 5) is 12.2. The van der Waals surface area contributed by atoms with Gasteiger partial charge in [0.15, 0.2) is 5.82 Å². The minimum absolute atomic E-state index is 0.321. The molecule has 2 heterocycles. The Morgan fingerprint density at radius 3 is 2.69 bits per heavy atom. The van der Waals surface area contributed by atoms with Crippen LogP contribution in [0.25, 0.3) is 0 Å². The van der Waals surface area contributed by atoms with Gasteiger partial charge in [-0.3, -0.25) is 4.98 Å². The Morgan fingerprint density at radius 2 is 2.06 bits per heavy atom. The van der Waals surface area contributed by atoms with Gasteiger partial charge in [0.2, 0.25) is 0 Å². The maximum atomic E-state index is 9.11. The van der Waals surface area contributed by atoms with E-state index >= 15 is 0 Å². The molecule has 0 bridgehead atoms. The van der Waals surface area contributed by atoms with Crippen LogP contribution in [-0.2, 0) is 0 Å². The molecule has 0 amide bonds. The summed E-state index contributed by atoms with van der Waals surface area (Å²) in [5, 5.41) is 9.43. The second-order valence-corrected chi connectivity index (χ2v) is 3.44. The SMILES string of the molecule is N#C[C@@H](c1ccccn1)c1nccc(Cl)n1. The smallest absolute Gasteiger partial charge is 0.153 e. The standard InChI is InChI=1S/C11H7ClN4/c12-10-4-6-15-11(16-10)8(7-13)9-3-1-2-5-14-9/h1-6,8H/t8-/m0/s1. The second kappa shape index (κ2) is 4.69. The maximum absolute atomic E-state index is 9.11. The molecule has 0 N–H and O–H groups in total. The molecule has 0 saturated heterocycles. The molecule has 1 atom stereocenters. The van der Waals surface area contributed by atoms with Crippen molar-refractivity contribution in [2.45, 2.75) is 5.92 Å². The quantitative estimate of drug-likeness (QED) is 0.742. The molecule has 16 heavy (non-hydrogen) atoms. The molecule has 0 unspecified atom stereocenters. The molecule has 0 saturated carbocycles. The van der Waals surface area contributed by atoms with Crippen LogP contribution in [0.4, 0.5) is 0 Å². The van der Waals surface area contributed by atoms with E-state index in [1.165, 1.54) is 6.20 Å². The molecule has 78 valence electrons. The molecule has 2 aromatic rings. The van der Waals surface area contributed by atoms with Crippen molar-refractivity contribution in [3.63, 3.8) is 0 Å². The molecule has 0 radical (unpaired) electrons. The van der Waals surface area contributed by atoms with Crippen molar-refractivity contribution in [3.8, 4) is 6.07 Å². The lowest BCUT2D eigenvalue weighted by molar-refractivity contribution is 0.858. The third-order valence-corrected chi connectivity index (χ3v) is 2.22. The van der Waals surface area contributed by atoms with Gasteiger partial charge in [-0.25, -0.2) is 9.97 Å². The van der Waals surface area contributed by atoms with Crippen LogP contribution in [0, 0.1) is 11.3 Å². The van der Waals surface area contributed by atoms with Crippen LogP contribution >= 0.6 is 11.6 Å². The summed E-state index contributed by atoms with van der Waals surface area (Å²) in [7, 11) is 0. The fraction of sp³-hybridized carbons (Fsp3) is 0.0909. The zero-order valence-electron chi connectivity index (χ0n) is 8.21. The fourth-order valence-corrected chi connectivity index (χ4v) is 1.44. The lowest BCUT2D eigenvalue weighted by Gasteiger charge is -2.06. The van der Waals surface area contributed by atoms with E-state index in [0.717, 1.165) is 0 Å². The zero-order chi connectivity index (χ0) is 11.4. The molecule has 0 aliphatic carbocycles. The minimum Gasteiger partial charge on any atom is -0.259 e. The molecular formula is C11H7ClN4. The van der Waals surface area contributed by atoms with Gasteiger partial charge >= 0.3 is 0 Å². The monoisotopic (exact) mass is 230 g/mol. The molecule has 5 heteroatoms. The van der Waals surface area contributed by atoms with E-state index in [4.69, 9.17) is 16.9 Å². The number of nitriles is 1. The van der Waals surface area contributed by atoms with Crippen LogP contribution in [0.15, 0.2) is 36.7 Å². The number of rotatable bonds is 2. The van der Waals surface area contributed by atoms with E-state index in [0.29, 0.717) is 16.7 Å². The summed E-state index contributed by atoms with van der Waals surface area (Å²) in [5.74, 6) is -0.214. The van der Waals surface area contributed by atoms with E-state index in [-0.39, 0.29) is 0 Å². The van der Waals surface area contributed by atoms with Gasteiger partial charge in [-0.15, -0.1) is 0 Å². The number of nitrogens with zero attached hydrogens (tertiary/aromatic N) is 4. The van der Waals surface area contributed by atoms with Crippen molar-refractivity contribution < 1.29 is 0 Å². The molecule has 0 spiro atoms. The lowest BCUT2D eigenvalue weighted by Crippen LogP contribution is -2.05. The predicted molar refractivity (Wildman–Crippen MR) is 58.7 cm³/mol. The number of halogens is 1. The third-order valence-electron chi connectivity index (χ3n) is 2.01. The van der Waals surface area contributed by atoms with Gasteiger partial charge in [0.05, 0.1) is 11.8 Å². The molecule has 0 fully saturated rings. The van der Waals surface area contributed by atoms with Crippen molar-refractivity contribution in [1.82, 2.24) is 15.0 Å². The molecule has 0 aromatic carbocycles. The summed E-state index contributed by atoms with van der Waals surface area (Å²) < 4.78 is 0. The molecular weight excluding hydrogens is 224 g/mol. The van der Waals surface area contributed by atoms with Crippen LogP contribution in [0.2, 0.25) is 5.15 Å². The Morgan fingerprint density at radius 1 is 1.19 bits per heavy atom. The van der Waals surface area contributed by atoms with E-state index in [1.54, 1.807) is 24.4 Å². The second-order valence-electron chi connectivity index (χ2n) is 3.05. The first-order chi connectivity index (χ1) is 7.81. The largest absolute Gasteiger partial charge is 0.259 e. The van der Waals surface area contributed by atoms with Gasteiger partial charge in [-0.05, 0) is 18.2 Å². The van der Waals surface area contributed by atoms with Crippen molar-refractivity contribution in [1.29, 1.82) is 5.26 Å². The number of aromatic nitrogens is 3. The summed E-state index contributed by atoms with van der Waals surface area (Å²) in [6.45, 7) is 0. The van der Waals surface area contributed by atoms with Crippen LogP contribution in [-0.4, -0.2) is 15.0 Å². The van der Waals surface area contributed by atoms with Gasteiger partial charge in [0.25, 0.3) is 0 Å². The van der Waals surface area contributed by atoms with Crippen molar-refractivity contribution in [3.05, 3.63) is 53.3 Å². The topological polar surface area (TPSA) is 62.5 Å². The number of hydrogen-bond donors (Lipinski definition) is 0. The van der Waals surface area contributed by atoms with E-state index in [2.05, 4.69) is 21.0 Å². The Balaban J connectivity index is 2.42. The van der Waals surface area contributed by atoms with E-state index in [1.807, 2.05) is 6.07 Å². The van der Waals surface area contributed by atoms with Crippen molar-refractivity contribution in [2.75, 3.05) is 0 Å². The minimum atomic E-state index is -0.583. The average molecular weight is 231 g/mol. The van der Waals surface area contributed by atoms with E-state index in [9.17, 15) is 0 Å². The maximum Gasteiger partial charge on any atom is 0.153 e. The van der Waals surface area contributed by atoms with Gasteiger partial charge in [0, 0.05) is 12.4 Å². The molecule has 2 aromatic heterocycles. The summed E-state index contributed by atoms with van der Waals surface area (Å²) in [6.07, 6.45) is 3.15. The summed E-state index contributed by atoms with van der Waals surface area (Å²) >= 11 is 5.75. The highest BCUT2D eigenvalue weighted by Gasteiger charge is 2.17. The highest BCUT2D eigenvalue weighted by molar-refractivity contribution is 6.29. The molecule has 0 aliphatic rings. The highest BCUT2D eigenvalue weighted by atomic mass is 35.5. The van der Waals surface area contributed by atoms with Gasteiger partial charge in [0.1, 0.15) is 11.1 Å². The third kappa shape index (κ3) is 2.15. The van der Waals surface area contributed by atoms with Crippen LogP contribution in [0.3, 0.4) is 0 Å². The van der Waals surface area contributed by atoms with Gasteiger partial charge < -0.3 is 0 Å². The number of hydrogen-bond acceptors (Lipinski definition) is 4. The van der Waals surface area contributed by atoms with Crippen LogP contribution < -0.4 is 0 Å². The van der Waals surface area contributed by atoms with Gasteiger partial charge in [-0.2, -0.15) is 5.26 Å².